The minimum absolute atomic E-state index is 0.117. The van der Waals surface area contributed by atoms with Crippen molar-refractivity contribution in [1.29, 1.82) is 0 Å². The maximum atomic E-state index is 11.5. The average Bonchev–Trinajstić information content (AvgIpc) is 2.73. The predicted octanol–water partition coefficient (Wildman–Crippen LogP) is -0.412. The van der Waals surface area contributed by atoms with Crippen LogP contribution in [0.15, 0.2) is 0 Å². The predicted molar refractivity (Wildman–Crippen MR) is 67.2 cm³/mol. The Morgan fingerprint density at radius 1 is 1.40 bits per heavy atom. The average molecular weight is 310 g/mol. The van der Waals surface area contributed by atoms with Gasteiger partial charge in [-0.15, -0.1) is 0 Å². The SMILES string of the molecule is CC(C)OC(=O)NS(=O)(=O)NCC1CCC(C(=O)O)O1. The molecule has 1 saturated heterocycles. The molecule has 0 spiro atoms. The molecule has 0 saturated carbocycles. The van der Waals surface area contributed by atoms with Gasteiger partial charge in [0.15, 0.2) is 6.10 Å². The van der Waals surface area contributed by atoms with E-state index in [-0.39, 0.29) is 6.54 Å². The van der Waals surface area contributed by atoms with Crippen LogP contribution in [-0.4, -0.2) is 50.4 Å². The maximum Gasteiger partial charge on any atom is 0.422 e. The van der Waals surface area contributed by atoms with Crippen LogP contribution >= 0.6 is 0 Å². The summed E-state index contributed by atoms with van der Waals surface area (Å²) >= 11 is 0. The number of aliphatic carboxylic acids is 1. The van der Waals surface area contributed by atoms with E-state index in [1.165, 1.54) is 0 Å². The van der Waals surface area contributed by atoms with Crippen LogP contribution in [0.3, 0.4) is 0 Å². The molecule has 10 heteroatoms. The van der Waals surface area contributed by atoms with Gasteiger partial charge in [-0.1, -0.05) is 0 Å². The second-order valence-electron chi connectivity index (χ2n) is 4.57. The van der Waals surface area contributed by atoms with Crippen molar-refractivity contribution in [2.24, 2.45) is 0 Å². The van der Waals surface area contributed by atoms with Crippen molar-refractivity contribution in [3.05, 3.63) is 0 Å². The quantitative estimate of drug-likeness (QED) is 0.607. The Labute approximate surface area is 116 Å². The van der Waals surface area contributed by atoms with E-state index in [0.29, 0.717) is 12.8 Å². The molecular formula is C10H18N2O7S. The fourth-order valence-corrected chi connectivity index (χ4v) is 2.37. The Morgan fingerprint density at radius 2 is 2.05 bits per heavy atom. The Balaban J connectivity index is 2.37. The van der Waals surface area contributed by atoms with E-state index in [4.69, 9.17) is 9.84 Å². The lowest BCUT2D eigenvalue weighted by molar-refractivity contribution is -0.149. The van der Waals surface area contributed by atoms with Crippen molar-refractivity contribution in [2.45, 2.75) is 45.0 Å². The molecule has 1 heterocycles. The summed E-state index contributed by atoms with van der Waals surface area (Å²) in [6.45, 7) is 3.05. The molecule has 2 unspecified atom stereocenters. The monoisotopic (exact) mass is 310 g/mol. The first-order valence-corrected chi connectivity index (χ1v) is 7.54. The molecular weight excluding hydrogens is 292 g/mol. The van der Waals surface area contributed by atoms with Crippen molar-refractivity contribution < 1.29 is 32.6 Å². The van der Waals surface area contributed by atoms with Gasteiger partial charge in [-0.3, -0.25) is 0 Å². The molecule has 1 rings (SSSR count). The van der Waals surface area contributed by atoms with E-state index in [9.17, 15) is 18.0 Å². The Hall–Kier alpha value is -1.39. The van der Waals surface area contributed by atoms with Gasteiger partial charge in [-0.05, 0) is 26.7 Å². The first kappa shape index (κ1) is 16.7. The molecule has 20 heavy (non-hydrogen) atoms. The van der Waals surface area contributed by atoms with Crippen LogP contribution in [0.25, 0.3) is 0 Å². The van der Waals surface area contributed by atoms with E-state index < -0.39 is 40.6 Å². The molecule has 0 bridgehead atoms. The molecule has 1 aliphatic heterocycles. The second-order valence-corrected chi connectivity index (χ2v) is 6.07. The third-order valence-corrected chi connectivity index (χ3v) is 3.43. The lowest BCUT2D eigenvalue weighted by atomic mass is 10.2. The Morgan fingerprint density at radius 3 is 2.55 bits per heavy atom. The van der Waals surface area contributed by atoms with Crippen molar-refractivity contribution in [3.63, 3.8) is 0 Å². The first-order valence-electron chi connectivity index (χ1n) is 6.06. The van der Waals surface area contributed by atoms with Crippen LogP contribution in [0.1, 0.15) is 26.7 Å². The standard InChI is InChI=1S/C10H18N2O7S/c1-6(2)18-10(15)12-20(16,17)11-5-7-3-4-8(19-7)9(13)14/h6-8,11H,3-5H2,1-2H3,(H,12,15)(H,13,14). The summed E-state index contributed by atoms with van der Waals surface area (Å²) in [4.78, 5) is 21.8. The highest BCUT2D eigenvalue weighted by Gasteiger charge is 2.31. The molecule has 0 aromatic heterocycles. The fraction of sp³-hybridized carbons (Fsp3) is 0.800. The van der Waals surface area contributed by atoms with Gasteiger partial charge in [0.25, 0.3) is 0 Å². The first-order chi connectivity index (χ1) is 9.19. The van der Waals surface area contributed by atoms with E-state index in [1.807, 2.05) is 0 Å². The zero-order valence-corrected chi connectivity index (χ0v) is 12.0. The van der Waals surface area contributed by atoms with Gasteiger partial charge in [0.2, 0.25) is 0 Å². The van der Waals surface area contributed by atoms with Gasteiger partial charge in [-0.2, -0.15) is 13.1 Å². The van der Waals surface area contributed by atoms with Crippen LogP contribution < -0.4 is 9.44 Å². The molecule has 1 fully saturated rings. The number of ether oxygens (including phenoxy) is 2. The van der Waals surface area contributed by atoms with Crippen molar-refractivity contribution in [2.75, 3.05) is 6.54 Å². The minimum Gasteiger partial charge on any atom is -0.479 e. The molecule has 0 aromatic carbocycles. The summed E-state index contributed by atoms with van der Waals surface area (Å²) in [5.74, 6) is -1.08. The highest BCUT2D eigenvalue weighted by molar-refractivity contribution is 7.88. The largest absolute Gasteiger partial charge is 0.479 e. The van der Waals surface area contributed by atoms with Crippen LogP contribution in [0.2, 0.25) is 0 Å². The normalized spacial score (nSPS) is 22.8. The Kier molecular flexibility index (Phi) is 5.72. The number of carboxylic acid groups (broad SMARTS) is 1. The topological polar surface area (TPSA) is 131 Å². The van der Waals surface area contributed by atoms with Crippen LogP contribution in [0, 0.1) is 0 Å². The van der Waals surface area contributed by atoms with Crippen LogP contribution in [0.4, 0.5) is 4.79 Å². The number of rotatable bonds is 6. The smallest absolute Gasteiger partial charge is 0.422 e. The van der Waals surface area contributed by atoms with E-state index in [2.05, 4.69) is 9.46 Å². The van der Waals surface area contributed by atoms with Crippen molar-refractivity contribution >= 4 is 22.3 Å². The summed E-state index contributed by atoms with van der Waals surface area (Å²) in [7, 11) is -4.05. The van der Waals surface area contributed by atoms with E-state index >= 15 is 0 Å². The van der Waals surface area contributed by atoms with Gasteiger partial charge in [-0.25, -0.2) is 14.3 Å². The number of hydrogen-bond donors (Lipinski definition) is 3. The number of carbonyl (C=O) groups is 2. The van der Waals surface area contributed by atoms with Crippen LogP contribution in [0.5, 0.6) is 0 Å². The Bertz CT molecular complexity index is 462. The molecule has 0 aromatic rings. The van der Waals surface area contributed by atoms with Gasteiger partial charge in [0.1, 0.15) is 0 Å². The zero-order chi connectivity index (χ0) is 15.3. The molecule has 3 N–H and O–H groups in total. The van der Waals surface area contributed by atoms with Gasteiger partial charge in [0.05, 0.1) is 12.2 Å². The second kappa shape index (κ2) is 6.86. The van der Waals surface area contributed by atoms with E-state index in [0.717, 1.165) is 0 Å². The highest BCUT2D eigenvalue weighted by atomic mass is 32.2. The zero-order valence-electron chi connectivity index (χ0n) is 11.2. The number of carboxylic acids is 1. The molecule has 2 atom stereocenters. The van der Waals surface area contributed by atoms with Gasteiger partial charge >= 0.3 is 22.3 Å². The molecule has 0 aliphatic carbocycles. The summed E-state index contributed by atoms with van der Waals surface area (Å²) < 4.78 is 36.5. The highest BCUT2D eigenvalue weighted by Crippen LogP contribution is 2.19. The number of hydrogen-bond acceptors (Lipinski definition) is 6. The third-order valence-electron chi connectivity index (χ3n) is 2.44. The van der Waals surface area contributed by atoms with Gasteiger partial charge < -0.3 is 14.6 Å². The van der Waals surface area contributed by atoms with Crippen LogP contribution in [-0.2, 0) is 24.5 Å². The van der Waals surface area contributed by atoms with Crippen molar-refractivity contribution in [3.8, 4) is 0 Å². The maximum absolute atomic E-state index is 11.5. The number of carbonyl (C=O) groups excluding carboxylic acids is 1. The number of nitrogens with one attached hydrogen (secondary N) is 2. The van der Waals surface area contributed by atoms with Crippen molar-refractivity contribution in [1.82, 2.24) is 9.44 Å². The molecule has 0 radical (unpaired) electrons. The summed E-state index contributed by atoms with van der Waals surface area (Å²) in [6.07, 6.45) is -2.22. The fourth-order valence-electron chi connectivity index (χ4n) is 1.62. The summed E-state index contributed by atoms with van der Waals surface area (Å²) in [5.41, 5.74) is 0. The number of amides is 1. The van der Waals surface area contributed by atoms with E-state index in [1.54, 1.807) is 18.6 Å². The lowest BCUT2D eigenvalue weighted by Crippen LogP contribution is -2.44. The van der Waals surface area contributed by atoms with Gasteiger partial charge in [0, 0.05) is 6.54 Å². The summed E-state index contributed by atoms with van der Waals surface area (Å²) in [6, 6.07) is 0. The molecule has 9 nitrogen and oxygen atoms in total. The molecule has 116 valence electrons. The minimum atomic E-state index is -4.05. The molecule has 1 amide bonds. The lowest BCUT2D eigenvalue weighted by Gasteiger charge is -2.14. The molecule has 1 aliphatic rings. The summed E-state index contributed by atoms with van der Waals surface area (Å²) in [5, 5.41) is 8.72. The third kappa shape index (κ3) is 5.72.